The van der Waals surface area contributed by atoms with E-state index in [-0.39, 0.29) is 25.7 Å². The Labute approximate surface area is 159 Å². The van der Waals surface area contributed by atoms with Crippen LogP contribution in [0.15, 0.2) is 30.3 Å². The van der Waals surface area contributed by atoms with E-state index in [4.69, 9.17) is 9.47 Å². The van der Waals surface area contributed by atoms with E-state index in [1.807, 2.05) is 51.1 Å². The summed E-state index contributed by atoms with van der Waals surface area (Å²) in [5, 5.41) is 10.9. The summed E-state index contributed by atoms with van der Waals surface area (Å²) in [5.74, 6) is 0. The Balaban J connectivity index is 1.53. The molecular formula is C20H28N2O5. The van der Waals surface area contributed by atoms with Crippen molar-refractivity contribution in [2.24, 2.45) is 0 Å². The van der Waals surface area contributed by atoms with Crippen molar-refractivity contribution in [1.82, 2.24) is 9.80 Å². The lowest BCUT2D eigenvalue weighted by molar-refractivity contribution is -0.129. The monoisotopic (exact) mass is 376 g/mol. The average Bonchev–Trinajstić information content (AvgIpc) is 3.06. The van der Waals surface area contributed by atoms with Crippen molar-refractivity contribution in [2.75, 3.05) is 19.6 Å². The van der Waals surface area contributed by atoms with E-state index in [0.717, 1.165) is 12.0 Å². The average molecular weight is 376 g/mol. The molecule has 0 aromatic heterocycles. The van der Waals surface area contributed by atoms with Gasteiger partial charge in [0.15, 0.2) is 0 Å². The molecular weight excluding hydrogens is 348 g/mol. The van der Waals surface area contributed by atoms with Gasteiger partial charge >= 0.3 is 12.2 Å². The predicted molar refractivity (Wildman–Crippen MR) is 99.1 cm³/mol. The highest BCUT2D eigenvalue weighted by Gasteiger charge is 2.54. The smallest absolute Gasteiger partial charge is 0.410 e. The van der Waals surface area contributed by atoms with Crippen molar-refractivity contribution in [2.45, 2.75) is 57.5 Å². The molecule has 2 aliphatic rings. The topological polar surface area (TPSA) is 79.3 Å². The number of carbonyl (C=O) groups is 2. The molecule has 1 aromatic carbocycles. The van der Waals surface area contributed by atoms with Crippen LogP contribution in [0.2, 0.25) is 0 Å². The van der Waals surface area contributed by atoms with Gasteiger partial charge in [-0.3, -0.25) is 0 Å². The molecule has 2 aliphatic heterocycles. The molecule has 27 heavy (non-hydrogen) atoms. The maximum atomic E-state index is 12.4. The van der Waals surface area contributed by atoms with Crippen LogP contribution in [0.4, 0.5) is 9.59 Å². The van der Waals surface area contributed by atoms with Crippen LogP contribution in [0, 0.1) is 0 Å². The van der Waals surface area contributed by atoms with Crippen molar-refractivity contribution >= 4 is 12.2 Å². The first-order valence-electron chi connectivity index (χ1n) is 9.36. The van der Waals surface area contributed by atoms with Crippen LogP contribution in [-0.2, 0) is 16.1 Å². The number of aliphatic hydroxyl groups is 1. The van der Waals surface area contributed by atoms with E-state index in [1.54, 1.807) is 4.90 Å². The lowest BCUT2D eigenvalue weighted by Crippen LogP contribution is -2.71. The maximum absolute atomic E-state index is 12.4. The lowest BCUT2D eigenvalue weighted by Gasteiger charge is -2.50. The zero-order valence-electron chi connectivity index (χ0n) is 16.2. The maximum Gasteiger partial charge on any atom is 0.410 e. The molecule has 0 aliphatic carbocycles. The van der Waals surface area contributed by atoms with Crippen LogP contribution in [0.25, 0.3) is 0 Å². The van der Waals surface area contributed by atoms with Crippen molar-refractivity contribution in [3.63, 3.8) is 0 Å². The van der Waals surface area contributed by atoms with Crippen LogP contribution in [0.5, 0.6) is 0 Å². The number of hydrogen-bond donors (Lipinski definition) is 1. The number of amides is 2. The molecule has 0 saturated carbocycles. The zero-order chi connectivity index (χ0) is 19.7. The highest BCUT2D eigenvalue weighted by molar-refractivity contribution is 5.71. The first-order chi connectivity index (χ1) is 12.7. The summed E-state index contributed by atoms with van der Waals surface area (Å²) in [6.07, 6.45) is 0.640. The Bertz CT molecular complexity index is 679. The Kier molecular flexibility index (Phi) is 5.33. The van der Waals surface area contributed by atoms with Gasteiger partial charge in [-0.15, -0.1) is 0 Å². The van der Waals surface area contributed by atoms with Gasteiger partial charge in [0, 0.05) is 6.54 Å². The van der Waals surface area contributed by atoms with Crippen LogP contribution in [-0.4, -0.2) is 64.0 Å². The molecule has 2 fully saturated rings. The van der Waals surface area contributed by atoms with Gasteiger partial charge in [-0.05, 0) is 39.2 Å². The molecule has 3 rings (SSSR count). The second-order valence-corrected chi connectivity index (χ2v) is 8.33. The standard InChI is InChI=1S/C20H28N2O5/c1-19(2,3)27-18(24)22-11-7-10-16(22)20(25)13-21(14-20)17(23)26-12-15-8-5-4-6-9-15/h4-6,8-9,16,25H,7,10-14H2,1-3H3. The molecule has 7 nitrogen and oxygen atoms in total. The number of hydrogen-bond acceptors (Lipinski definition) is 5. The predicted octanol–water partition coefficient (Wildman–Crippen LogP) is 2.77. The molecule has 148 valence electrons. The SMILES string of the molecule is CC(C)(C)OC(=O)N1CCCC1C1(O)CN(C(=O)OCc2ccccc2)C1. The van der Waals surface area contributed by atoms with Crippen LogP contribution < -0.4 is 0 Å². The van der Waals surface area contributed by atoms with Crippen LogP contribution in [0.1, 0.15) is 39.2 Å². The number of carbonyl (C=O) groups excluding carboxylic acids is 2. The van der Waals surface area contributed by atoms with E-state index < -0.39 is 23.4 Å². The van der Waals surface area contributed by atoms with E-state index in [0.29, 0.717) is 13.0 Å². The van der Waals surface area contributed by atoms with Crippen molar-refractivity contribution in [1.29, 1.82) is 0 Å². The number of ether oxygens (including phenoxy) is 2. The number of β-amino-alcohol motifs (C(OH)–C–C–N with tert-alkyl or cyclic N) is 1. The highest BCUT2D eigenvalue weighted by atomic mass is 16.6. The van der Waals surface area contributed by atoms with Gasteiger partial charge in [-0.2, -0.15) is 0 Å². The molecule has 0 radical (unpaired) electrons. The van der Waals surface area contributed by atoms with Crippen LogP contribution >= 0.6 is 0 Å². The summed E-state index contributed by atoms with van der Waals surface area (Å²) in [5.41, 5.74) is -0.785. The highest BCUT2D eigenvalue weighted by Crippen LogP contribution is 2.35. The van der Waals surface area contributed by atoms with Crippen molar-refractivity contribution < 1.29 is 24.2 Å². The molecule has 1 N–H and O–H groups in total. The fraction of sp³-hybridized carbons (Fsp3) is 0.600. The summed E-state index contributed by atoms with van der Waals surface area (Å²) in [7, 11) is 0. The first-order valence-corrected chi connectivity index (χ1v) is 9.36. The van der Waals surface area contributed by atoms with Gasteiger partial charge in [0.05, 0.1) is 19.1 Å². The fourth-order valence-corrected chi connectivity index (χ4v) is 3.63. The summed E-state index contributed by atoms with van der Waals surface area (Å²) in [6, 6.07) is 9.10. The molecule has 0 bridgehead atoms. The van der Waals surface area contributed by atoms with Gasteiger partial charge in [0.1, 0.15) is 17.8 Å². The second-order valence-electron chi connectivity index (χ2n) is 8.33. The molecule has 0 spiro atoms. The number of likely N-dealkylation sites (tertiary alicyclic amines) is 2. The number of benzene rings is 1. The normalized spacial score (nSPS) is 21.6. The molecule has 7 heteroatoms. The van der Waals surface area contributed by atoms with Gasteiger partial charge < -0.3 is 24.4 Å². The van der Waals surface area contributed by atoms with Gasteiger partial charge in [-0.25, -0.2) is 9.59 Å². The van der Waals surface area contributed by atoms with Gasteiger partial charge in [-0.1, -0.05) is 30.3 Å². The quantitative estimate of drug-likeness (QED) is 0.877. The summed E-state index contributed by atoms with van der Waals surface area (Å²) >= 11 is 0. The molecule has 2 heterocycles. The molecule has 1 aromatic rings. The summed E-state index contributed by atoms with van der Waals surface area (Å²) in [6.45, 7) is 6.52. The Morgan fingerprint density at radius 1 is 1.19 bits per heavy atom. The van der Waals surface area contributed by atoms with E-state index >= 15 is 0 Å². The number of rotatable bonds is 3. The second kappa shape index (κ2) is 7.38. The third kappa shape index (κ3) is 4.53. The zero-order valence-corrected chi connectivity index (χ0v) is 16.2. The molecule has 2 saturated heterocycles. The summed E-state index contributed by atoms with van der Waals surface area (Å²) in [4.78, 5) is 27.7. The van der Waals surface area contributed by atoms with Gasteiger partial charge in [0.25, 0.3) is 0 Å². The van der Waals surface area contributed by atoms with Crippen LogP contribution in [0.3, 0.4) is 0 Å². The third-order valence-corrected chi connectivity index (χ3v) is 4.89. The fourth-order valence-electron chi connectivity index (χ4n) is 3.63. The Hall–Kier alpha value is -2.28. The Morgan fingerprint density at radius 2 is 1.85 bits per heavy atom. The van der Waals surface area contributed by atoms with E-state index in [9.17, 15) is 14.7 Å². The third-order valence-electron chi connectivity index (χ3n) is 4.89. The minimum Gasteiger partial charge on any atom is -0.445 e. The minimum atomic E-state index is -1.11. The molecule has 2 amide bonds. The Morgan fingerprint density at radius 3 is 2.48 bits per heavy atom. The van der Waals surface area contributed by atoms with Crippen molar-refractivity contribution in [3.05, 3.63) is 35.9 Å². The molecule has 1 atom stereocenters. The van der Waals surface area contributed by atoms with Crippen molar-refractivity contribution in [3.8, 4) is 0 Å². The van der Waals surface area contributed by atoms with Gasteiger partial charge in [0.2, 0.25) is 0 Å². The lowest BCUT2D eigenvalue weighted by atomic mass is 9.85. The minimum absolute atomic E-state index is 0.157. The number of nitrogens with zero attached hydrogens (tertiary/aromatic N) is 2. The van der Waals surface area contributed by atoms with E-state index in [2.05, 4.69) is 0 Å². The van der Waals surface area contributed by atoms with E-state index in [1.165, 1.54) is 4.90 Å². The first kappa shape index (κ1) is 19.5. The molecule has 1 unspecified atom stereocenters. The largest absolute Gasteiger partial charge is 0.445 e. The summed E-state index contributed by atoms with van der Waals surface area (Å²) < 4.78 is 10.7.